The molecule has 7 heteroatoms. The Kier molecular flexibility index (Phi) is 7.48. The van der Waals surface area contributed by atoms with Crippen molar-refractivity contribution < 1.29 is 19.5 Å². The third-order valence-electron chi connectivity index (χ3n) is 3.01. The highest BCUT2D eigenvalue weighted by atomic mass is 16.4. The minimum Gasteiger partial charge on any atom is -0.480 e. The molecule has 130 valence electrons. The molecule has 0 radical (unpaired) electrons. The lowest BCUT2D eigenvalue weighted by atomic mass is 10.1. The number of carboxylic acid groups (broad SMARTS) is 1. The molecule has 3 amide bonds. The zero-order chi connectivity index (χ0) is 18.1. The van der Waals surface area contributed by atoms with Gasteiger partial charge in [0, 0.05) is 17.3 Å². The Hall–Kier alpha value is -2.83. The van der Waals surface area contributed by atoms with Gasteiger partial charge in [-0.3, -0.25) is 4.79 Å². The van der Waals surface area contributed by atoms with Crippen LogP contribution in [-0.4, -0.2) is 35.1 Å². The molecule has 0 spiro atoms. The van der Waals surface area contributed by atoms with Crippen LogP contribution in [0, 0.1) is 0 Å². The Morgan fingerprint density at radius 2 is 1.92 bits per heavy atom. The van der Waals surface area contributed by atoms with Crippen LogP contribution in [0.25, 0.3) is 0 Å². The van der Waals surface area contributed by atoms with Crippen LogP contribution in [-0.2, 0) is 4.79 Å². The average Bonchev–Trinajstić information content (AvgIpc) is 2.50. The van der Waals surface area contributed by atoms with Gasteiger partial charge in [0.25, 0.3) is 5.91 Å². The molecule has 1 aromatic carbocycles. The molecule has 1 rings (SSSR count). The van der Waals surface area contributed by atoms with E-state index in [1.54, 1.807) is 37.3 Å². The molecule has 0 fully saturated rings. The molecular weight excluding hydrogens is 310 g/mol. The molecule has 0 saturated heterocycles. The maximum absolute atomic E-state index is 12.2. The first kappa shape index (κ1) is 19.2. The number of rotatable bonds is 7. The average molecular weight is 333 g/mol. The van der Waals surface area contributed by atoms with E-state index in [2.05, 4.69) is 16.0 Å². The van der Waals surface area contributed by atoms with E-state index in [0.717, 1.165) is 0 Å². The Labute approximate surface area is 141 Å². The Balaban J connectivity index is 2.78. The lowest BCUT2D eigenvalue weighted by molar-refractivity contribution is -0.139. The molecule has 1 aromatic rings. The largest absolute Gasteiger partial charge is 0.480 e. The first-order valence-electron chi connectivity index (χ1n) is 7.66. The summed E-state index contributed by atoms with van der Waals surface area (Å²) in [4.78, 5) is 35.1. The maximum atomic E-state index is 12.2. The van der Waals surface area contributed by atoms with Gasteiger partial charge in [0.05, 0.1) is 0 Å². The van der Waals surface area contributed by atoms with Gasteiger partial charge < -0.3 is 21.1 Å². The summed E-state index contributed by atoms with van der Waals surface area (Å²) in [6.45, 7) is 5.44. The second-order valence-corrected chi connectivity index (χ2v) is 5.50. The predicted octanol–water partition coefficient (Wildman–Crippen LogP) is 2.37. The van der Waals surface area contributed by atoms with Crippen molar-refractivity contribution in [2.24, 2.45) is 0 Å². The van der Waals surface area contributed by atoms with Gasteiger partial charge in [-0.15, -0.1) is 0 Å². The number of allylic oxidation sites excluding steroid dienone is 1. The maximum Gasteiger partial charge on any atom is 0.326 e. The normalized spacial score (nSPS) is 12.0. The fourth-order valence-electron chi connectivity index (χ4n) is 1.90. The minimum absolute atomic E-state index is 0.0144. The molecule has 7 nitrogen and oxygen atoms in total. The molecule has 0 aliphatic rings. The lowest BCUT2D eigenvalue weighted by Gasteiger charge is -2.14. The zero-order valence-electron chi connectivity index (χ0n) is 14.0. The number of hydrogen-bond acceptors (Lipinski definition) is 3. The number of amides is 3. The topological polar surface area (TPSA) is 108 Å². The lowest BCUT2D eigenvalue weighted by Crippen LogP contribution is -2.40. The van der Waals surface area contributed by atoms with Crippen molar-refractivity contribution in [3.05, 3.63) is 42.0 Å². The van der Waals surface area contributed by atoms with Crippen molar-refractivity contribution in [1.82, 2.24) is 10.6 Å². The van der Waals surface area contributed by atoms with Crippen molar-refractivity contribution in [2.75, 3.05) is 5.32 Å². The summed E-state index contributed by atoms with van der Waals surface area (Å²) in [6.07, 6.45) is 3.60. The van der Waals surface area contributed by atoms with Gasteiger partial charge in [0.2, 0.25) is 0 Å². The molecule has 0 saturated carbocycles. The molecule has 0 aliphatic heterocycles. The van der Waals surface area contributed by atoms with Gasteiger partial charge in [-0.2, -0.15) is 0 Å². The predicted molar refractivity (Wildman–Crippen MR) is 92.1 cm³/mol. The monoisotopic (exact) mass is 333 g/mol. The van der Waals surface area contributed by atoms with E-state index in [4.69, 9.17) is 5.11 Å². The molecule has 1 unspecified atom stereocenters. The van der Waals surface area contributed by atoms with Crippen LogP contribution in [0.15, 0.2) is 36.4 Å². The molecule has 4 N–H and O–H groups in total. The number of carboxylic acids is 1. The highest BCUT2D eigenvalue weighted by Crippen LogP contribution is 2.11. The van der Waals surface area contributed by atoms with Gasteiger partial charge in [0.1, 0.15) is 6.04 Å². The molecule has 0 heterocycles. The highest BCUT2D eigenvalue weighted by Gasteiger charge is 2.19. The first-order chi connectivity index (χ1) is 11.3. The molecule has 0 aromatic heterocycles. The zero-order valence-corrected chi connectivity index (χ0v) is 14.0. The molecular formula is C17H23N3O4. The van der Waals surface area contributed by atoms with Crippen LogP contribution >= 0.6 is 0 Å². The molecule has 1 atom stereocenters. The third kappa shape index (κ3) is 6.51. The van der Waals surface area contributed by atoms with Crippen LogP contribution in [0.3, 0.4) is 0 Å². The number of aliphatic carboxylic acids is 1. The fourth-order valence-corrected chi connectivity index (χ4v) is 1.90. The summed E-state index contributed by atoms with van der Waals surface area (Å²) in [7, 11) is 0. The first-order valence-corrected chi connectivity index (χ1v) is 7.66. The Morgan fingerprint density at radius 1 is 1.21 bits per heavy atom. The Bertz CT molecular complexity index is 626. The van der Waals surface area contributed by atoms with E-state index in [1.807, 2.05) is 13.8 Å². The quantitative estimate of drug-likeness (QED) is 0.575. The number of carbonyl (C=O) groups is 3. The van der Waals surface area contributed by atoms with E-state index in [-0.39, 0.29) is 24.1 Å². The second-order valence-electron chi connectivity index (χ2n) is 5.50. The van der Waals surface area contributed by atoms with E-state index in [9.17, 15) is 14.4 Å². The van der Waals surface area contributed by atoms with E-state index in [0.29, 0.717) is 5.69 Å². The number of hydrogen-bond donors (Lipinski definition) is 4. The van der Waals surface area contributed by atoms with Gasteiger partial charge in [-0.1, -0.05) is 18.2 Å². The van der Waals surface area contributed by atoms with Gasteiger partial charge in [0.15, 0.2) is 0 Å². The summed E-state index contributed by atoms with van der Waals surface area (Å²) < 4.78 is 0. The van der Waals surface area contributed by atoms with Gasteiger partial charge in [-0.05, 0) is 45.4 Å². The van der Waals surface area contributed by atoms with E-state index < -0.39 is 17.9 Å². The minimum atomic E-state index is -1.10. The summed E-state index contributed by atoms with van der Waals surface area (Å²) >= 11 is 0. The molecule has 0 bridgehead atoms. The van der Waals surface area contributed by atoms with E-state index >= 15 is 0 Å². The van der Waals surface area contributed by atoms with Crippen molar-refractivity contribution in [2.45, 2.75) is 39.3 Å². The van der Waals surface area contributed by atoms with Crippen LogP contribution < -0.4 is 16.0 Å². The molecule has 24 heavy (non-hydrogen) atoms. The number of anilines is 1. The fraction of sp³-hybridized carbons (Fsp3) is 0.353. The number of nitrogens with one attached hydrogen (secondary N) is 3. The second kappa shape index (κ2) is 9.34. The van der Waals surface area contributed by atoms with Crippen molar-refractivity contribution >= 4 is 23.6 Å². The number of carbonyl (C=O) groups excluding carboxylic acids is 2. The van der Waals surface area contributed by atoms with Gasteiger partial charge >= 0.3 is 12.0 Å². The van der Waals surface area contributed by atoms with Crippen molar-refractivity contribution in [3.63, 3.8) is 0 Å². The van der Waals surface area contributed by atoms with Crippen LogP contribution in [0.5, 0.6) is 0 Å². The molecule has 0 aliphatic carbocycles. The van der Waals surface area contributed by atoms with Crippen molar-refractivity contribution in [3.8, 4) is 0 Å². The third-order valence-corrected chi connectivity index (χ3v) is 3.01. The Morgan fingerprint density at radius 3 is 2.50 bits per heavy atom. The van der Waals surface area contributed by atoms with Crippen LogP contribution in [0.1, 0.15) is 37.6 Å². The summed E-state index contributed by atoms with van der Waals surface area (Å²) in [6, 6.07) is 4.90. The smallest absolute Gasteiger partial charge is 0.326 e. The van der Waals surface area contributed by atoms with Crippen LogP contribution in [0.4, 0.5) is 10.5 Å². The summed E-state index contributed by atoms with van der Waals surface area (Å²) in [5.74, 6) is -1.62. The number of benzene rings is 1. The van der Waals surface area contributed by atoms with E-state index in [1.165, 1.54) is 6.07 Å². The highest BCUT2D eigenvalue weighted by molar-refractivity contribution is 5.98. The number of urea groups is 1. The van der Waals surface area contributed by atoms with Gasteiger partial charge in [-0.25, -0.2) is 9.59 Å². The van der Waals surface area contributed by atoms with Crippen molar-refractivity contribution in [1.29, 1.82) is 0 Å². The summed E-state index contributed by atoms with van der Waals surface area (Å²) in [5.41, 5.74) is 0.713. The summed E-state index contributed by atoms with van der Waals surface area (Å²) in [5, 5.41) is 16.9. The SMILES string of the molecule is C/C=C/CC(NC(=O)c1cccc(NC(=O)NC(C)C)c1)C(=O)O. The standard InChI is InChI=1S/C17H23N3O4/c1-4-5-9-14(16(22)23)20-15(21)12-7-6-8-13(10-12)19-17(24)18-11(2)3/h4-8,10-11,14H,9H2,1-3H3,(H,20,21)(H,22,23)(H2,18,19,24)/b5-4+. The van der Waals surface area contributed by atoms with Crippen LogP contribution in [0.2, 0.25) is 0 Å².